The third-order valence-electron chi connectivity index (χ3n) is 6.16. The van der Waals surface area contributed by atoms with Crippen molar-refractivity contribution in [3.05, 3.63) is 65.7 Å². The molecule has 0 saturated heterocycles. The molecule has 4 atom stereocenters. The van der Waals surface area contributed by atoms with Gasteiger partial charge in [-0.25, -0.2) is 4.79 Å². The van der Waals surface area contributed by atoms with Gasteiger partial charge in [0, 0.05) is 12.5 Å². The number of alkyl carbamates (subject to hydrolysis) is 1. The van der Waals surface area contributed by atoms with Crippen LogP contribution in [0.3, 0.4) is 0 Å². The van der Waals surface area contributed by atoms with Gasteiger partial charge in [0.15, 0.2) is 0 Å². The Kier molecular flexibility index (Phi) is 8.56. The molecule has 2 amide bonds. The van der Waals surface area contributed by atoms with E-state index >= 15 is 0 Å². The monoisotopic (exact) mass is 468 g/mol. The highest BCUT2D eigenvalue weighted by atomic mass is 16.6. The lowest BCUT2D eigenvalue weighted by atomic mass is 9.84. The second-order valence-corrected chi connectivity index (χ2v) is 10.0. The van der Waals surface area contributed by atoms with Crippen molar-refractivity contribution in [1.82, 2.24) is 10.6 Å². The Labute approximate surface area is 201 Å². The van der Waals surface area contributed by atoms with E-state index in [1.807, 2.05) is 30.3 Å². The quantitative estimate of drug-likeness (QED) is 0.470. The van der Waals surface area contributed by atoms with Crippen molar-refractivity contribution in [3.63, 3.8) is 0 Å². The molecule has 34 heavy (non-hydrogen) atoms. The summed E-state index contributed by atoms with van der Waals surface area (Å²) in [6, 6.07) is 15.7. The molecule has 7 heteroatoms. The molecule has 184 valence electrons. The molecule has 0 spiro atoms. The second-order valence-electron chi connectivity index (χ2n) is 10.0. The third kappa shape index (κ3) is 7.48. The van der Waals surface area contributed by atoms with Crippen LogP contribution in [0.4, 0.5) is 4.79 Å². The number of aromatic hydroxyl groups is 1. The third-order valence-corrected chi connectivity index (χ3v) is 6.16. The zero-order valence-electron chi connectivity index (χ0n) is 20.2. The molecule has 1 aliphatic rings. The van der Waals surface area contributed by atoms with Crippen LogP contribution >= 0.6 is 0 Å². The van der Waals surface area contributed by atoms with E-state index in [0.29, 0.717) is 25.8 Å². The number of aliphatic hydroxyl groups is 1. The van der Waals surface area contributed by atoms with Crippen LogP contribution in [-0.2, 0) is 22.5 Å². The Bertz CT molecular complexity index is 940. The molecule has 4 N–H and O–H groups in total. The Hall–Kier alpha value is -3.06. The molecular weight excluding hydrogens is 432 g/mol. The van der Waals surface area contributed by atoms with E-state index in [1.165, 1.54) is 0 Å². The number of ether oxygens (including phenoxy) is 1. The maximum absolute atomic E-state index is 13.0. The van der Waals surface area contributed by atoms with Gasteiger partial charge in [0.1, 0.15) is 11.4 Å². The van der Waals surface area contributed by atoms with E-state index in [9.17, 15) is 19.8 Å². The Morgan fingerprint density at radius 1 is 1.03 bits per heavy atom. The van der Waals surface area contributed by atoms with Gasteiger partial charge < -0.3 is 25.6 Å². The lowest BCUT2D eigenvalue weighted by Gasteiger charge is -2.32. The zero-order valence-corrected chi connectivity index (χ0v) is 20.2. The van der Waals surface area contributed by atoms with E-state index in [2.05, 4.69) is 10.6 Å². The van der Waals surface area contributed by atoms with Gasteiger partial charge in [-0.3, -0.25) is 4.79 Å². The number of hydrogen-bond donors (Lipinski definition) is 4. The Balaban J connectivity index is 1.71. The lowest BCUT2D eigenvalue weighted by Crippen LogP contribution is -2.51. The van der Waals surface area contributed by atoms with Gasteiger partial charge in [-0.15, -0.1) is 0 Å². The van der Waals surface area contributed by atoms with Gasteiger partial charge in [0.05, 0.1) is 12.1 Å². The van der Waals surface area contributed by atoms with Crippen molar-refractivity contribution in [2.75, 3.05) is 0 Å². The summed E-state index contributed by atoms with van der Waals surface area (Å²) in [5.41, 5.74) is 1.19. The summed E-state index contributed by atoms with van der Waals surface area (Å²) in [4.78, 5) is 25.5. The minimum atomic E-state index is -0.934. The zero-order chi connectivity index (χ0) is 24.7. The maximum atomic E-state index is 13.0. The van der Waals surface area contributed by atoms with E-state index < -0.39 is 23.8 Å². The van der Waals surface area contributed by atoms with Gasteiger partial charge in [0.25, 0.3) is 0 Å². The van der Waals surface area contributed by atoms with Crippen molar-refractivity contribution in [2.24, 2.45) is 11.8 Å². The minimum absolute atomic E-state index is 0.0777. The van der Waals surface area contributed by atoms with Crippen molar-refractivity contribution in [1.29, 1.82) is 0 Å². The molecule has 1 saturated carbocycles. The van der Waals surface area contributed by atoms with Crippen LogP contribution < -0.4 is 10.6 Å². The first-order chi connectivity index (χ1) is 16.1. The molecule has 2 aromatic rings. The average molecular weight is 469 g/mol. The largest absolute Gasteiger partial charge is 0.508 e. The minimum Gasteiger partial charge on any atom is -0.508 e. The summed E-state index contributed by atoms with van der Waals surface area (Å²) in [5.74, 6) is -0.549. The average Bonchev–Trinajstić information content (AvgIpc) is 3.27. The highest BCUT2D eigenvalue weighted by Crippen LogP contribution is 2.36. The van der Waals surface area contributed by atoms with Crippen molar-refractivity contribution in [2.45, 2.75) is 70.7 Å². The number of phenols is 1. The first-order valence-corrected chi connectivity index (χ1v) is 11.9. The first-order valence-electron chi connectivity index (χ1n) is 11.9. The summed E-state index contributed by atoms with van der Waals surface area (Å²) in [5, 5.41) is 26.8. The van der Waals surface area contributed by atoms with E-state index in [1.54, 1.807) is 45.0 Å². The number of nitrogens with one attached hydrogen (secondary N) is 2. The van der Waals surface area contributed by atoms with Crippen LogP contribution in [0.25, 0.3) is 0 Å². The number of aliphatic hydroxyl groups excluding tert-OH is 1. The molecule has 1 fully saturated rings. The number of carbonyl (C=O) groups excluding carboxylic acids is 2. The highest BCUT2D eigenvalue weighted by Gasteiger charge is 2.41. The van der Waals surface area contributed by atoms with Crippen LogP contribution in [0.15, 0.2) is 54.6 Å². The molecule has 0 radical (unpaired) electrons. The standard InChI is InChI=1S/C27H36N2O5/c1-27(2,3)34-26(33)29-23(16-18-12-14-20(30)15-13-18)24(31)21-10-7-11-22(21)25(32)28-17-19-8-5-4-6-9-19/h4-6,8-9,12-15,21-24,30-31H,7,10-11,16-17H2,1-3H3,(H,28,32)(H,29,33)/t21?,22?,23-,24-/m0/s1. The summed E-state index contributed by atoms with van der Waals surface area (Å²) in [7, 11) is 0. The normalized spacial score (nSPS) is 19.8. The van der Waals surface area contributed by atoms with Crippen LogP contribution in [0.5, 0.6) is 5.75 Å². The number of phenolic OH excluding ortho intramolecular Hbond substituents is 1. The van der Waals surface area contributed by atoms with E-state index in [0.717, 1.165) is 17.5 Å². The molecule has 3 rings (SSSR count). The summed E-state index contributed by atoms with van der Waals surface area (Å²) in [6.07, 6.45) is 1.03. The van der Waals surface area contributed by atoms with Crippen LogP contribution in [0.1, 0.15) is 51.2 Å². The van der Waals surface area contributed by atoms with Crippen molar-refractivity contribution < 1.29 is 24.5 Å². The SMILES string of the molecule is CC(C)(C)OC(=O)N[C@@H](Cc1ccc(O)cc1)[C@@H](O)C1CCCC1C(=O)NCc1ccccc1. The molecule has 0 bridgehead atoms. The first kappa shape index (κ1) is 25.6. The smallest absolute Gasteiger partial charge is 0.407 e. The fraction of sp³-hybridized carbons (Fsp3) is 0.481. The van der Waals surface area contributed by atoms with Crippen LogP contribution in [0.2, 0.25) is 0 Å². The van der Waals surface area contributed by atoms with E-state index in [-0.39, 0.29) is 23.5 Å². The molecule has 2 aromatic carbocycles. The molecule has 1 aliphatic carbocycles. The van der Waals surface area contributed by atoms with Gasteiger partial charge in [0.2, 0.25) is 5.91 Å². The highest BCUT2D eigenvalue weighted by molar-refractivity contribution is 5.79. The molecule has 0 heterocycles. The predicted molar refractivity (Wildman–Crippen MR) is 130 cm³/mol. The molecule has 2 unspecified atom stereocenters. The maximum Gasteiger partial charge on any atom is 0.407 e. The van der Waals surface area contributed by atoms with Crippen LogP contribution in [0, 0.1) is 11.8 Å². The van der Waals surface area contributed by atoms with Gasteiger partial charge in [-0.2, -0.15) is 0 Å². The second kappa shape index (κ2) is 11.4. The summed E-state index contributed by atoms with van der Waals surface area (Å²) < 4.78 is 5.42. The van der Waals surface area contributed by atoms with Gasteiger partial charge in [-0.1, -0.05) is 48.9 Å². The Morgan fingerprint density at radius 2 is 1.71 bits per heavy atom. The fourth-order valence-electron chi connectivity index (χ4n) is 4.54. The molecule has 0 aromatic heterocycles. The number of benzene rings is 2. The summed E-state index contributed by atoms with van der Waals surface area (Å²) in [6.45, 7) is 5.78. The predicted octanol–water partition coefficient (Wildman–Crippen LogP) is 3.92. The molecular formula is C27H36N2O5. The number of rotatable bonds is 8. The number of carbonyl (C=O) groups is 2. The fourth-order valence-corrected chi connectivity index (χ4v) is 4.54. The number of hydrogen-bond acceptors (Lipinski definition) is 5. The lowest BCUT2D eigenvalue weighted by molar-refractivity contribution is -0.127. The van der Waals surface area contributed by atoms with Gasteiger partial charge in [-0.05, 0) is 69.2 Å². The number of amides is 2. The summed E-state index contributed by atoms with van der Waals surface area (Å²) >= 11 is 0. The topological polar surface area (TPSA) is 108 Å². The van der Waals surface area contributed by atoms with Gasteiger partial charge >= 0.3 is 6.09 Å². The van der Waals surface area contributed by atoms with Crippen molar-refractivity contribution in [3.8, 4) is 5.75 Å². The molecule has 7 nitrogen and oxygen atoms in total. The van der Waals surface area contributed by atoms with Crippen LogP contribution in [-0.4, -0.2) is 40.0 Å². The van der Waals surface area contributed by atoms with E-state index in [4.69, 9.17) is 4.74 Å². The molecule has 0 aliphatic heterocycles. The Morgan fingerprint density at radius 3 is 2.35 bits per heavy atom. The van der Waals surface area contributed by atoms with Crippen molar-refractivity contribution >= 4 is 12.0 Å².